The first-order chi connectivity index (χ1) is 7.70. The summed E-state index contributed by atoms with van der Waals surface area (Å²) in [5, 5.41) is 10.6. The molecule has 0 saturated heterocycles. The Morgan fingerprint density at radius 2 is 2.25 bits per heavy atom. The summed E-state index contributed by atoms with van der Waals surface area (Å²) in [6.07, 6.45) is 7.07. The fourth-order valence-corrected chi connectivity index (χ4v) is 2.34. The molecule has 16 heavy (non-hydrogen) atoms. The zero-order valence-corrected chi connectivity index (χ0v) is 9.92. The molecular weight excluding hydrogens is 268 g/mol. The molecule has 1 aromatic heterocycles. The Hall–Kier alpha value is -1.39. The van der Waals surface area contributed by atoms with Crippen molar-refractivity contribution in [3.63, 3.8) is 0 Å². The Labute approximate surface area is 101 Å². The molecule has 1 aliphatic heterocycles. The van der Waals surface area contributed by atoms with E-state index in [-0.39, 0.29) is 0 Å². The highest BCUT2D eigenvalue weighted by Crippen LogP contribution is 2.35. The molecule has 4 heteroatoms. The summed E-state index contributed by atoms with van der Waals surface area (Å²) in [4.78, 5) is 4.19. The van der Waals surface area contributed by atoms with E-state index in [1.807, 2.05) is 41.2 Å². The number of aliphatic hydroxyl groups is 1. The molecule has 3 nitrogen and oxygen atoms in total. The molecule has 0 fully saturated rings. The topological polar surface area (TPSA) is 38.0 Å². The van der Waals surface area contributed by atoms with Gasteiger partial charge < -0.3 is 9.67 Å². The van der Waals surface area contributed by atoms with Gasteiger partial charge in [-0.2, -0.15) is 0 Å². The third-order valence-electron chi connectivity index (χ3n) is 2.75. The fourth-order valence-electron chi connectivity index (χ4n) is 1.94. The monoisotopic (exact) mass is 276 g/mol. The van der Waals surface area contributed by atoms with E-state index in [9.17, 15) is 5.11 Å². The van der Waals surface area contributed by atoms with Crippen LogP contribution in [0.3, 0.4) is 0 Å². The van der Waals surface area contributed by atoms with Gasteiger partial charge in [-0.3, -0.25) is 0 Å². The van der Waals surface area contributed by atoms with Crippen molar-refractivity contribution >= 4 is 22.1 Å². The number of hydrogen-bond acceptors (Lipinski definition) is 2. The highest BCUT2D eigenvalue weighted by atomic mass is 79.9. The second-order valence-electron chi connectivity index (χ2n) is 3.75. The zero-order chi connectivity index (χ0) is 11.2. The highest BCUT2D eigenvalue weighted by molar-refractivity contribution is 9.10. The molecule has 0 unspecified atom stereocenters. The van der Waals surface area contributed by atoms with Gasteiger partial charge in [0.25, 0.3) is 0 Å². The Morgan fingerprint density at radius 1 is 1.38 bits per heavy atom. The normalized spacial score (nSPS) is 22.4. The van der Waals surface area contributed by atoms with Crippen molar-refractivity contribution in [2.75, 3.05) is 0 Å². The summed E-state index contributed by atoms with van der Waals surface area (Å²) in [6.45, 7) is 0. The van der Waals surface area contributed by atoms with E-state index in [0.717, 1.165) is 10.0 Å². The molecule has 1 aromatic carbocycles. The van der Waals surface area contributed by atoms with Gasteiger partial charge in [0.2, 0.25) is 0 Å². The van der Waals surface area contributed by atoms with Crippen LogP contribution in [0.1, 0.15) is 11.4 Å². The standard InChI is InChI=1S/C12H9BrN2O/c13-10-3-1-2-9(8-10)12(16)4-6-15-7-5-14-11(12)15/h1-8,16H/t12-/m1/s1. The van der Waals surface area contributed by atoms with E-state index >= 15 is 0 Å². The van der Waals surface area contributed by atoms with Crippen LogP contribution < -0.4 is 0 Å². The summed E-state index contributed by atoms with van der Waals surface area (Å²) >= 11 is 3.40. The molecule has 1 N–H and O–H groups in total. The average molecular weight is 277 g/mol. The minimum absolute atomic E-state index is 0.630. The number of halogens is 1. The van der Waals surface area contributed by atoms with Gasteiger partial charge in [0.05, 0.1) is 0 Å². The molecule has 3 rings (SSSR count). The molecule has 2 aromatic rings. The molecule has 1 aliphatic rings. The second-order valence-corrected chi connectivity index (χ2v) is 4.67. The molecule has 0 radical (unpaired) electrons. The van der Waals surface area contributed by atoms with Crippen molar-refractivity contribution in [3.05, 3.63) is 58.6 Å². The number of imidazole rings is 1. The van der Waals surface area contributed by atoms with Crippen LogP contribution in [0.5, 0.6) is 0 Å². The lowest BCUT2D eigenvalue weighted by molar-refractivity contribution is 0.129. The van der Waals surface area contributed by atoms with Crippen LogP contribution in [-0.4, -0.2) is 14.7 Å². The van der Waals surface area contributed by atoms with Crippen LogP contribution in [0.2, 0.25) is 0 Å². The van der Waals surface area contributed by atoms with Gasteiger partial charge >= 0.3 is 0 Å². The molecule has 80 valence electrons. The van der Waals surface area contributed by atoms with Gasteiger partial charge in [-0.15, -0.1) is 0 Å². The first-order valence-electron chi connectivity index (χ1n) is 4.91. The van der Waals surface area contributed by atoms with Crippen molar-refractivity contribution in [2.24, 2.45) is 0 Å². The summed E-state index contributed by atoms with van der Waals surface area (Å²) < 4.78 is 2.76. The van der Waals surface area contributed by atoms with Gasteiger partial charge in [0.1, 0.15) is 0 Å². The highest BCUT2D eigenvalue weighted by Gasteiger charge is 2.36. The smallest absolute Gasteiger partial charge is 0.168 e. The summed E-state index contributed by atoms with van der Waals surface area (Å²) in [5.74, 6) is 0.630. The van der Waals surface area contributed by atoms with Crippen molar-refractivity contribution in [2.45, 2.75) is 5.60 Å². The number of hydrogen-bond donors (Lipinski definition) is 1. The van der Waals surface area contributed by atoms with Crippen LogP contribution in [0.25, 0.3) is 6.20 Å². The summed E-state index contributed by atoms with van der Waals surface area (Å²) in [5.41, 5.74) is -0.309. The van der Waals surface area contributed by atoms with Gasteiger partial charge in [-0.05, 0) is 23.8 Å². The van der Waals surface area contributed by atoms with Crippen molar-refractivity contribution in [1.82, 2.24) is 9.55 Å². The minimum atomic E-state index is -1.12. The van der Waals surface area contributed by atoms with Gasteiger partial charge in [0, 0.05) is 23.1 Å². The summed E-state index contributed by atoms with van der Waals surface area (Å²) in [7, 11) is 0. The molecule has 0 amide bonds. The SMILES string of the molecule is O[C@@]1(c2cccc(Br)c2)C=Cn2ccnc21. The van der Waals surface area contributed by atoms with Crippen molar-refractivity contribution in [3.8, 4) is 0 Å². The molecule has 0 bridgehead atoms. The molecule has 2 heterocycles. The largest absolute Gasteiger partial charge is 0.373 e. The Kier molecular flexibility index (Phi) is 2.02. The Morgan fingerprint density at radius 3 is 3.06 bits per heavy atom. The Bertz CT molecular complexity index is 576. The minimum Gasteiger partial charge on any atom is -0.373 e. The van der Waals surface area contributed by atoms with Crippen LogP contribution >= 0.6 is 15.9 Å². The number of rotatable bonds is 1. The first kappa shape index (κ1) is 9.81. The van der Waals surface area contributed by atoms with Gasteiger partial charge in [-0.25, -0.2) is 4.98 Å². The van der Waals surface area contributed by atoms with E-state index in [0.29, 0.717) is 5.82 Å². The fraction of sp³-hybridized carbons (Fsp3) is 0.0833. The molecular formula is C12H9BrN2O. The predicted octanol–water partition coefficient (Wildman–Crippen LogP) is 2.37. The van der Waals surface area contributed by atoms with E-state index in [1.165, 1.54) is 0 Å². The maximum absolute atomic E-state index is 10.6. The number of benzene rings is 1. The number of nitrogens with zero attached hydrogens (tertiary/aromatic N) is 2. The summed E-state index contributed by atoms with van der Waals surface area (Å²) in [6, 6.07) is 7.61. The van der Waals surface area contributed by atoms with Crippen molar-refractivity contribution < 1.29 is 5.11 Å². The zero-order valence-electron chi connectivity index (χ0n) is 8.34. The van der Waals surface area contributed by atoms with E-state index < -0.39 is 5.60 Å². The molecule has 1 atom stereocenters. The lowest BCUT2D eigenvalue weighted by Crippen LogP contribution is -2.24. The maximum Gasteiger partial charge on any atom is 0.168 e. The van der Waals surface area contributed by atoms with Crippen LogP contribution in [0.4, 0.5) is 0 Å². The van der Waals surface area contributed by atoms with Crippen LogP contribution in [0.15, 0.2) is 47.2 Å². The van der Waals surface area contributed by atoms with E-state index in [1.54, 1.807) is 12.3 Å². The quantitative estimate of drug-likeness (QED) is 0.869. The number of aromatic nitrogens is 2. The van der Waals surface area contributed by atoms with E-state index in [2.05, 4.69) is 20.9 Å². The van der Waals surface area contributed by atoms with E-state index in [4.69, 9.17) is 0 Å². The second kappa shape index (κ2) is 3.30. The number of fused-ring (bicyclic) bond motifs is 1. The maximum atomic E-state index is 10.6. The molecule has 0 aliphatic carbocycles. The van der Waals surface area contributed by atoms with Gasteiger partial charge in [-0.1, -0.05) is 28.1 Å². The van der Waals surface area contributed by atoms with Crippen molar-refractivity contribution in [1.29, 1.82) is 0 Å². The van der Waals surface area contributed by atoms with Gasteiger partial charge in [0.15, 0.2) is 11.4 Å². The first-order valence-corrected chi connectivity index (χ1v) is 5.70. The average Bonchev–Trinajstić information content (AvgIpc) is 2.84. The lowest BCUT2D eigenvalue weighted by atomic mass is 9.94. The lowest BCUT2D eigenvalue weighted by Gasteiger charge is -2.20. The molecule has 0 saturated carbocycles. The predicted molar refractivity (Wildman–Crippen MR) is 64.7 cm³/mol. The Balaban J connectivity index is 2.18. The van der Waals surface area contributed by atoms with Crippen LogP contribution in [0, 0.1) is 0 Å². The molecule has 0 spiro atoms. The third kappa shape index (κ3) is 1.27. The van der Waals surface area contributed by atoms with Crippen LogP contribution in [-0.2, 0) is 5.60 Å². The third-order valence-corrected chi connectivity index (χ3v) is 3.24.